The Morgan fingerprint density at radius 3 is 2.18 bits per heavy atom. The number of carbonyl (C=O) groups is 1. The second kappa shape index (κ2) is 6.79. The van der Waals surface area contributed by atoms with Crippen molar-refractivity contribution in [2.75, 3.05) is 10.2 Å². The molecule has 0 radical (unpaired) electrons. The van der Waals surface area contributed by atoms with Crippen molar-refractivity contribution in [2.45, 2.75) is 32.4 Å². The molecular formula is C24H23FN2O. The third-order valence-corrected chi connectivity index (χ3v) is 5.12. The van der Waals surface area contributed by atoms with Gasteiger partial charge < -0.3 is 5.32 Å². The van der Waals surface area contributed by atoms with Crippen LogP contribution >= 0.6 is 0 Å². The average molecular weight is 374 g/mol. The maximum absolute atomic E-state index is 13.4. The predicted octanol–water partition coefficient (Wildman–Crippen LogP) is 5.89. The molecule has 0 unspecified atom stereocenters. The molecule has 0 bridgehead atoms. The highest BCUT2D eigenvalue weighted by atomic mass is 19.1. The van der Waals surface area contributed by atoms with Crippen LogP contribution in [0.2, 0.25) is 0 Å². The minimum atomic E-state index is -0.413. The lowest BCUT2D eigenvalue weighted by atomic mass is 9.87. The highest BCUT2D eigenvalue weighted by Crippen LogP contribution is 2.37. The zero-order valence-corrected chi connectivity index (χ0v) is 16.2. The molecule has 0 aliphatic carbocycles. The van der Waals surface area contributed by atoms with Crippen molar-refractivity contribution in [3.63, 3.8) is 0 Å². The summed E-state index contributed by atoms with van der Waals surface area (Å²) < 4.78 is 13.4. The summed E-state index contributed by atoms with van der Waals surface area (Å²) >= 11 is 0. The smallest absolute Gasteiger partial charge is 0.262 e. The van der Waals surface area contributed by atoms with E-state index in [1.165, 1.54) is 17.7 Å². The van der Waals surface area contributed by atoms with Crippen molar-refractivity contribution < 1.29 is 9.18 Å². The zero-order valence-electron chi connectivity index (χ0n) is 16.2. The lowest BCUT2D eigenvalue weighted by Gasteiger charge is -2.38. The van der Waals surface area contributed by atoms with Crippen LogP contribution in [0.3, 0.4) is 0 Å². The van der Waals surface area contributed by atoms with Gasteiger partial charge in [-0.1, -0.05) is 57.2 Å². The van der Waals surface area contributed by atoms with E-state index in [0.717, 1.165) is 16.9 Å². The van der Waals surface area contributed by atoms with Gasteiger partial charge in [-0.25, -0.2) is 4.39 Å². The average Bonchev–Trinajstić information content (AvgIpc) is 2.68. The summed E-state index contributed by atoms with van der Waals surface area (Å²) in [7, 11) is 0. The molecule has 1 atom stereocenters. The van der Waals surface area contributed by atoms with Crippen LogP contribution in [0.25, 0.3) is 0 Å². The summed E-state index contributed by atoms with van der Waals surface area (Å²) in [5.41, 5.74) is 4.27. The Balaban J connectivity index is 1.81. The number of hydrogen-bond acceptors (Lipinski definition) is 2. The molecule has 0 spiro atoms. The molecule has 0 saturated carbocycles. The number of anilines is 2. The Bertz CT molecular complexity index is 1000. The van der Waals surface area contributed by atoms with Crippen LogP contribution in [0.5, 0.6) is 0 Å². The van der Waals surface area contributed by atoms with E-state index in [1.807, 2.05) is 36.4 Å². The van der Waals surface area contributed by atoms with E-state index >= 15 is 0 Å². The fraction of sp³-hybridized carbons (Fsp3) is 0.208. The van der Waals surface area contributed by atoms with Gasteiger partial charge in [0, 0.05) is 11.4 Å². The number of halogens is 1. The van der Waals surface area contributed by atoms with Crippen LogP contribution < -0.4 is 10.2 Å². The van der Waals surface area contributed by atoms with E-state index in [9.17, 15) is 9.18 Å². The molecule has 4 rings (SSSR count). The van der Waals surface area contributed by atoms with Crippen molar-refractivity contribution >= 4 is 17.3 Å². The van der Waals surface area contributed by atoms with Crippen LogP contribution in [0.1, 0.15) is 48.4 Å². The van der Waals surface area contributed by atoms with Crippen LogP contribution in [-0.4, -0.2) is 5.91 Å². The first kappa shape index (κ1) is 18.2. The molecule has 0 fully saturated rings. The summed E-state index contributed by atoms with van der Waals surface area (Å²) in [4.78, 5) is 15.1. The minimum absolute atomic E-state index is 0.0334. The first-order valence-corrected chi connectivity index (χ1v) is 9.40. The van der Waals surface area contributed by atoms with Gasteiger partial charge >= 0.3 is 0 Å². The number of hydrogen-bond donors (Lipinski definition) is 1. The van der Waals surface area contributed by atoms with E-state index in [-0.39, 0.29) is 17.1 Å². The SMILES string of the molecule is CC(C)(C)c1ccc(N2C(=O)c3ccccc3N[C@H]2c2ccc(F)cc2)cc1. The minimum Gasteiger partial charge on any atom is -0.360 e. The summed E-state index contributed by atoms with van der Waals surface area (Å²) in [5.74, 6) is -0.375. The zero-order chi connectivity index (χ0) is 19.9. The quantitative estimate of drug-likeness (QED) is 0.606. The van der Waals surface area contributed by atoms with Crippen LogP contribution in [0.4, 0.5) is 15.8 Å². The largest absolute Gasteiger partial charge is 0.360 e. The molecular weight excluding hydrogens is 351 g/mol. The van der Waals surface area contributed by atoms with Crippen molar-refractivity contribution in [2.24, 2.45) is 0 Å². The molecule has 0 aromatic heterocycles. The molecule has 3 aromatic rings. The Labute approximate surface area is 164 Å². The number of amides is 1. The van der Waals surface area contributed by atoms with E-state index in [4.69, 9.17) is 0 Å². The van der Waals surface area contributed by atoms with E-state index < -0.39 is 6.17 Å². The standard InChI is InChI=1S/C24H23FN2O/c1-24(2,3)17-10-14-19(15-11-17)27-22(16-8-12-18(25)13-9-16)26-21-7-5-4-6-20(21)23(27)28/h4-15,22,26H,1-3H3/t22-/m1/s1. The second-order valence-electron chi connectivity index (χ2n) is 8.12. The fourth-order valence-corrected chi connectivity index (χ4v) is 3.52. The number of fused-ring (bicyclic) bond motifs is 1. The molecule has 1 aliphatic heterocycles. The highest BCUT2D eigenvalue weighted by Gasteiger charge is 2.34. The van der Waals surface area contributed by atoms with Gasteiger partial charge in [0.1, 0.15) is 12.0 Å². The van der Waals surface area contributed by atoms with Crippen LogP contribution in [-0.2, 0) is 5.41 Å². The third kappa shape index (κ3) is 3.26. The summed E-state index contributed by atoms with van der Waals surface area (Å²) in [6.45, 7) is 6.48. The van der Waals surface area contributed by atoms with Crippen molar-refractivity contribution in [1.29, 1.82) is 0 Å². The number of nitrogens with zero attached hydrogens (tertiary/aromatic N) is 1. The maximum Gasteiger partial charge on any atom is 0.262 e. The predicted molar refractivity (Wildman–Crippen MR) is 111 cm³/mol. The topological polar surface area (TPSA) is 32.3 Å². The van der Waals surface area contributed by atoms with Gasteiger partial charge in [-0.2, -0.15) is 0 Å². The van der Waals surface area contributed by atoms with Crippen molar-refractivity contribution in [1.82, 2.24) is 0 Å². The Hall–Kier alpha value is -3.14. The lowest BCUT2D eigenvalue weighted by molar-refractivity contribution is 0.0975. The van der Waals surface area contributed by atoms with Gasteiger partial charge in [0.05, 0.1) is 5.56 Å². The normalized spacial score (nSPS) is 16.5. The molecule has 3 nitrogen and oxygen atoms in total. The molecule has 4 heteroatoms. The molecule has 1 amide bonds. The molecule has 1 aliphatic rings. The van der Waals surface area contributed by atoms with Crippen molar-refractivity contribution in [3.8, 4) is 0 Å². The Morgan fingerprint density at radius 1 is 0.893 bits per heavy atom. The number of benzene rings is 3. The van der Waals surface area contributed by atoms with Gasteiger partial charge in [-0.05, 0) is 52.9 Å². The van der Waals surface area contributed by atoms with Gasteiger partial charge in [-0.3, -0.25) is 9.69 Å². The van der Waals surface area contributed by atoms with Gasteiger partial charge in [0.25, 0.3) is 5.91 Å². The second-order valence-corrected chi connectivity index (χ2v) is 8.12. The monoisotopic (exact) mass is 374 g/mol. The first-order valence-electron chi connectivity index (χ1n) is 9.40. The van der Waals surface area contributed by atoms with Crippen LogP contribution in [0, 0.1) is 5.82 Å². The van der Waals surface area contributed by atoms with Crippen LogP contribution in [0.15, 0.2) is 72.8 Å². The highest BCUT2D eigenvalue weighted by molar-refractivity contribution is 6.12. The molecule has 28 heavy (non-hydrogen) atoms. The third-order valence-electron chi connectivity index (χ3n) is 5.12. The number of rotatable bonds is 2. The van der Waals surface area contributed by atoms with E-state index in [2.05, 4.69) is 38.2 Å². The maximum atomic E-state index is 13.4. The molecule has 1 heterocycles. The van der Waals surface area contributed by atoms with E-state index in [0.29, 0.717) is 5.56 Å². The van der Waals surface area contributed by atoms with Crippen molar-refractivity contribution in [3.05, 3.63) is 95.3 Å². The Morgan fingerprint density at radius 2 is 1.54 bits per heavy atom. The summed E-state index contributed by atoms with van der Waals surface area (Å²) in [6, 6.07) is 21.8. The van der Waals surface area contributed by atoms with Gasteiger partial charge in [0.2, 0.25) is 0 Å². The summed E-state index contributed by atoms with van der Waals surface area (Å²) in [5, 5.41) is 3.44. The Kier molecular flexibility index (Phi) is 4.42. The molecule has 0 saturated heterocycles. The van der Waals surface area contributed by atoms with Gasteiger partial charge in [-0.15, -0.1) is 0 Å². The number of carbonyl (C=O) groups excluding carboxylic acids is 1. The van der Waals surface area contributed by atoms with Gasteiger partial charge in [0.15, 0.2) is 0 Å². The molecule has 1 N–H and O–H groups in total. The number of para-hydroxylation sites is 1. The first-order chi connectivity index (χ1) is 13.3. The lowest BCUT2D eigenvalue weighted by Crippen LogP contribution is -2.43. The van der Waals surface area contributed by atoms with E-state index in [1.54, 1.807) is 17.0 Å². The number of nitrogens with one attached hydrogen (secondary N) is 1. The molecule has 3 aromatic carbocycles. The molecule has 142 valence electrons. The summed E-state index contributed by atoms with van der Waals surface area (Å²) in [6.07, 6.45) is -0.413. The fourth-order valence-electron chi connectivity index (χ4n) is 3.52.